The van der Waals surface area contributed by atoms with Crippen LogP contribution in [0, 0.1) is 0 Å². The standard InChI is InChI=1S/C12H21NO3/c1-6-16-12(15)8-7-11(14)13(9(2)3)10(4)5/h7-10H,6H2,1-5H3/b8-7+. The largest absolute Gasteiger partial charge is 0.463 e. The number of carbonyl (C=O) groups is 2. The summed E-state index contributed by atoms with van der Waals surface area (Å²) in [5.41, 5.74) is 0. The molecule has 0 heterocycles. The molecule has 0 fully saturated rings. The van der Waals surface area contributed by atoms with Crippen LogP contribution in [0.4, 0.5) is 0 Å². The van der Waals surface area contributed by atoms with E-state index in [2.05, 4.69) is 0 Å². The van der Waals surface area contributed by atoms with E-state index < -0.39 is 5.97 Å². The molecule has 0 aromatic rings. The molecular formula is C12H21NO3. The molecule has 0 aliphatic carbocycles. The highest BCUT2D eigenvalue weighted by atomic mass is 16.5. The number of carbonyl (C=O) groups excluding carboxylic acids is 2. The van der Waals surface area contributed by atoms with Gasteiger partial charge in [-0.3, -0.25) is 4.79 Å². The molecule has 4 heteroatoms. The first-order chi connectivity index (χ1) is 7.40. The molecule has 0 aliphatic heterocycles. The fourth-order valence-corrected chi connectivity index (χ4v) is 1.52. The molecule has 0 spiro atoms. The van der Waals surface area contributed by atoms with E-state index in [1.54, 1.807) is 11.8 Å². The van der Waals surface area contributed by atoms with Crippen LogP contribution in [0.15, 0.2) is 12.2 Å². The normalized spacial score (nSPS) is 11.2. The predicted molar refractivity (Wildman–Crippen MR) is 62.9 cm³/mol. The average molecular weight is 227 g/mol. The second kappa shape index (κ2) is 7.04. The summed E-state index contributed by atoms with van der Waals surface area (Å²) in [6, 6.07) is 0.221. The van der Waals surface area contributed by atoms with Crippen LogP contribution in [0.3, 0.4) is 0 Å². The summed E-state index contributed by atoms with van der Waals surface area (Å²) < 4.78 is 4.70. The van der Waals surface area contributed by atoms with Crippen LogP contribution < -0.4 is 0 Å². The molecule has 0 unspecified atom stereocenters. The van der Waals surface area contributed by atoms with Crippen LogP contribution >= 0.6 is 0 Å². The third-order valence-electron chi connectivity index (χ3n) is 2.02. The van der Waals surface area contributed by atoms with Crippen molar-refractivity contribution in [1.82, 2.24) is 4.90 Å². The monoisotopic (exact) mass is 227 g/mol. The minimum absolute atomic E-state index is 0.111. The van der Waals surface area contributed by atoms with Gasteiger partial charge in [0.05, 0.1) is 6.61 Å². The molecule has 0 aromatic heterocycles. The van der Waals surface area contributed by atoms with Gasteiger partial charge < -0.3 is 9.64 Å². The van der Waals surface area contributed by atoms with Crippen molar-refractivity contribution in [3.05, 3.63) is 12.2 Å². The van der Waals surface area contributed by atoms with Crippen LogP contribution in [-0.4, -0.2) is 35.5 Å². The highest BCUT2D eigenvalue weighted by Crippen LogP contribution is 2.06. The lowest BCUT2D eigenvalue weighted by Crippen LogP contribution is -2.41. The van der Waals surface area contributed by atoms with E-state index in [0.717, 1.165) is 0 Å². The Morgan fingerprint density at radius 2 is 1.62 bits per heavy atom. The maximum atomic E-state index is 11.8. The lowest BCUT2D eigenvalue weighted by Gasteiger charge is -2.29. The smallest absolute Gasteiger partial charge is 0.330 e. The fourth-order valence-electron chi connectivity index (χ4n) is 1.52. The van der Waals surface area contributed by atoms with Crippen molar-refractivity contribution in [3.63, 3.8) is 0 Å². The van der Waals surface area contributed by atoms with Gasteiger partial charge in [0.2, 0.25) is 5.91 Å². The Bertz CT molecular complexity index is 261. The van der Waals surface area contributed by atoms with Crippen molar-refractivity contribution < 1.29 is 14.3 Å². The summed E-state index contributed by atoms with van der Waals surface area (Å²) in [7, 11) is 0. The molecule has 1 amide bonds. The second-order valence-corrected chi connectivity index (χ2v) is 4.02. The summed E-state index contributed by atoms with van der Waals surface area (Å²) in [4.78, 5) is 24.5. The van der Waals surface area contributed by atoms with Gasteiger partial charge >= 0.3 is 5.97 Å². The van der Waals surface area contributed by atoms with Crippen molar-refractivity contribution in [3.8, 4) is 0 Å². The number of hydrogen-bond donors (Lipinski definition) is 0. The van der Waals surface area contributed by atoms with Gasteiger partial charge in [0.15, 0.2) is 0 Å². The molecule has 0 radical (unpaired) electrons. The third-order valence-corrected chi connectivity index (χ3v) is 2.02. The second-order valence-electron chi connectivity index (χ2n) is 4.02. The summed E-state index contributed by atoms with van der Waals surface area (Å²) in [5.74, 6) is -0.652. The van der Waals surface area contributed by atoms with Gasteiger partial charge in [-0.25, -0.2) is 4.79 Å². The molecule has 0 rings (SSSR count). The Labute approximate surface area is 97.3 Å². The van der Waals surface area contributed by atoms with Gasteiger partial charge in [0.25, 0.3) is 0 Å². The van der Waals surface area contributed by atoms with Crippen LogP contribution in [0.25, 0.3) is 0 Å². The molecule has 0 bridgehead atoms. The van der Waals surface area contributed by atoms with E-state index in [-0.39, 0.29) is 18.0 Å². The van der Waals surface area contributed by atoms with Crippen LogP contribution in [0.5, 0.6) is 0 Å². The van der Waals surface area contributed by atoms with Crippen LogP contribution in [0.1, 0.15) is 34.6 Å². The summed E-state index contributed by atoms with van der Waals surface area (Å²) >= 11 is 0. The molecule has 16 heavy (non-hydrogen) atoms. The van der Waals surface area contributed by atoms with E-state index in [4.69, 9.17) is 4.74 Å². The Balaban J connectivity index is 4.48. The van der Waals surface area contributed by atoms with Crippen molar-refractivity contribution >= 4 is 11.9 Å². The average Bonchev–Trinajstić information content (AvgIpc) is 2.14. The van der Waals surface area contributed by atoms with Gasteiger partial charge in [-0.15, -0.1) is 0 Å². The SMILES string of the molecule is CCOC(=O)/C=C/C(=O)N(C(C)C)C(C)C. The zero-order chi connectivity index (χ0) is 12.7. The molecule has 0 saturated heterocycles. The zero-order valence-electron chi connectivity index (χ0n) is 10.7. The minimum atomic E-state index is -0.483. The number of ether oxygens (including phenoxy) is 1. The predicted octanol–water partition coefficient (Wildman–Crippen LogP) is 1.75. The van der Waals surface area contributed by atoms with Gasteiger partial charge in [0.1, 0.15) is 0 Å². The van der Waals surface area contributed by atoms with Crippen molar-refractivity contribution in [2.75, 3.05) is 6.61 Å². The van der Waals surface area contributed by atoms with Crippen LogP contribution in [0.2, 0.25) is 0 Å². The molecular weight excluding hydrogens is 206 g/mol. The zero-order valence-corrected chi connectivity index (χ0v) is 10.7. The number of hydrogen-bond acceptors (Lipinski definition) is 3. The van der Waals surface area contributed by atoms with Gasteiger partial charge in [0, 0.05) is 24.2 Å². The van der Waals surface area contributed by atoms with E-state index in [0.29, 0.717) is 6.61 Å². The molecule has 0 atom stereocenters. The lowest BCUT2D eigenvalue weighted by atomic mass is 10.2. The van der Waals surface area contributed by atoms with E-state index in [9.17, 15) is 9.59 Å². The maximum Gasteiger partial charge on any atom is 0.330 e. The number of rotatable bonds is 5. The summed E-state index contributed by atoms with van der Waals surface area (Å²) in [6.45, 7) is 9.80. The van der Waals surface area contributed by atoms with Crippen molar-refractivity contribution in [1.29, 1.82) is 0 Å². The quantitative estimate of drug-likeness (QED) is 0.531. The lowest BCUT2D eigenvalue weighted by molar-refractivity contribution is -0.138. The third kappa shape index (κ3) is 4.96. The number of nitrogens with zero attached hydrogens (tertiary/aromatic N) is 1. The van der Waals surface area contributed by atoms with E-state index >= 15 is 0 Å². The molecule has 92 valence electrons. The van der Waals surface area contributed by atoms with Gasteiger partial charge in [-0.1, -0.05) is 0 Å². The molecule has 0 saturated carbocycles. The van der Waals surface area contributed by atoms with E-state index in [1.165, 1.54) is 12.2 Å². The summed E-state index contributed by atoms with van der Waals surface area (Å²) in [5, 5.41) is 0. The molecule has 0 aliphatic rings. The Morgan fingerprint density at radius 1 is 1.12 bits per heavy atom. The minimum Gasteiger partial charge on any atom is -0.463 e. The Morgan fingerprint density at radius 3 is 2.00 bits per heavy atom. The summed E-state index contributed by atoms with van der Waals surface area (Å²) in [6.07, 6.45) is 2.43. The number of esters is 1. The van der Waals surface area contributed by atoms with E-state index in [1.807, 2.05) is 27.7 Å². The topological polar surface area (TPSA) is 46.6 Å². The Kier molecular flexibility index (Phi) is 6.46. The molecule has 0 aromatic carbocycles. The van der Waals surface area contributed by atoms with Crippen LogP contribution in [-0.2, 0) is 14.3 Å². The maximum absolute atomic E-state index is 11.8. The first-order valence-corrected chi connectivity index (χ1v) is 5.57. The molecule has 0 N–H and O–H groups in total. The fraction of sp³-hybridized carbons (Fsp3) is 0.667. The van der Waals surface area contributed by atoms with Crippen molar-refractivity contribution in [2.45, 2.75) is 46.7 Å². The first kappa shape index (κ1) is 14.7. The number of amides is 1. The Hall–Kier alpha value is -1.32. The van der Waals surface area contributed by atoms with Gasteiger partial charge in [-0.2, -0.15) is 0 Å². The highest BCUT2D eigenvalue weighted by molar-refractivity contribution is 5.94. The van der Waals surface area contributed by atoms with Gasteiger partial charge in [-0.05, 0) is 34.6 Å². The van der Waals surface area contributed by atoms with Crippen molar-refractivity contribution in [2.24, 2.45) is 0 Å². The molecule has 4 nitrogen and oxygen atoms in total. The highest BCUT2D eigenvalue weighted by Gasteiger charge is 2.17. The first-order valence-electron chi connectivity index (χ1n) is 5.57.